The summed E-state index contributed by atoms with van der Waals surface area (Å²) in [5.74, 6) is 1.73. The van der Waals surface area contributed by atoms with Crippen LogP contribution in [0.2, 0.25) is 0 Å². The monoisotopic (exact) mass is 555 g/mol. The van der Waals surface area contributed by atoms with Crippen LogP contribution in [0.4, 0.5) is 0 Å². The Hall–Kier alpha value is -1.61. The molecule has 1 aliphatic rings. The molecule has 1 N–H and O–H groups in total. The Morgan fingerprint density at radius 3 is 2.26 bits per heavy atom. The molecule has 170 valence electrons. The first kappa shape index (κ1) is 25.6. The van der Waals surface area contributed by atoms with Crippen LogP contribution < -0.4 is 5.32 Å². The molecule has 0 amide bonds. The number of guanidine groups is 1. The maximum Gasteiger partial charge on any atom is 0.193 e. The van der Waals surface area contributed by atoms with Crippen LogP contribution in [-0.4, -0.2) is 51.7 Å². The molecule has 1 aliphatic heterocycles. The summed E-state index contributed by atoms with van der Waals surface area (Å²) in [5.41, 5.74) is 2.53. The molecular formula is C24H34IN3O2S. The molecule has 31 heavy (non-hydrogen) atoms. The molecule has 0 saturated carbocycles. The van der Waals surface area contributed by atoms with Gasteiger partial charge in [-0.3, -0.25) is 4.99 Å². The van der Waals surface area contributed by atoms with Gasteiger partial charge in [0, 0.05) is 32.4 Å². The molecule has 3 rings (SSSR count). The van der Waals surface area contributed by atoms with Gasteiger partial charge >= 0.3 is 0 Å². The van der Waals surface area contributed by atoms with Gasteiger partial charge in [-0.1, -0.05) is 42.5 Å². The van der Waals surface area contributed by atoms with Crippen molar-refractivity contribution < 1.29 is 8.42 Å². The lowest BCUT2D eigenvalue weighted by Gasteiger charge is -2.34. The van der Waals surface area contributed by atoms with Gasteiger partial charge < -0.3 is 10.2 Å². The van der Waals surface area contributed by atoms with Crippen molar-refractivity contribution in [2.45, 2.75) is 37.5 Å². The topological polar surface area (TPSA) is 61.8 Å². The maximum absolute atomic E-state index is 11.6. The molecule has 0 aromatic heterocycles. The molecule has 0 radical (unpaired) electrons. The quantitative estimate of drug-likeness (QED) is 0.317. The minimum absolute atomic E-state index is 0. The Labute approximate surface area is 204 Å². The number of nitrogens with one attached hydrogen (secondary N) is 1. The fourth-order valence-corrected chi connectivity index (χ4v) is 4.55. The Balaban J connectivity index is 0.00000341. The second kappa shape index (κ2) is 12.4. The Morgan fingerprint density at radius 1 is 1.03 bits per heavy atom. The van der Waals surface area contributed by atoms with Crippen LogP contribution in [0.1, 0.15) is 30.9 Å². The fraction of sp³-hybridized carbons (Fsp3) is 0.458. The molecule has 0 spiro atoms. The second-order valence-corrected chi connectivity index (χ2v) is 10.0. The van der Waals surface area contributed by atoms with Crippen LogP contribution in [0.25, 0.3) is 0 Å². The van der Waals surface area contributed by atoms with Crippen molar-refractivity contribution in [1.29, 1.82) is 0 Å². The summed E-state index contributed by atoms with van der Waals surface area (Å²) in [6.45, 7) is 5.71. The normalized spacial score (nSPS) is 15.4. The highest BCUT2D eigenvalue weighted by atomic mass is 127. The number of piperidine rings is 1. The molecule has 1 fully saturated rings. The molecule has 0 atom stereocenters. The van der Waals surface area contributed by atoms with E-state index in [9.17, 15) is 8.42 Å². The highest BCUT2D eigenvalue weighted by Crippen LogP contribution is 2.21. The molecule has 5 nitrogen and oxygen atoms in total. The number of hydrogen-bond donors (Lipinski definition) is 1. The van der Waals surface area contributed by atoms with E-state index in [4.69, 9.17) is 4.99 Å². The lowest BCUT2D eigenvalue weighted by molar-refractivity contribution is 0.259. The first-order valence-corrected chi connectivity index (χ1v) is 12.7. The molecule has 2 aromatic carbocycles. The minimum Gasteiger partial charge on any atom is -0.357 e. The molecular weight excluding hydrogens is 521 g/mol. The summed E-state index contributed by atoms with van der Waals surface area (Å²) in [6, 6.07) is 17.9. The predicted molar refractivity (Wildman–Crippen MR) is 139 cm³/mol. The summed E-state index contributed by atoms with van der Waals surface area (Å²) < 4.78 is 23.2. The number of rotatable bonds is 7. The first-order chi connectivity index (χ1) is 14.5. The zero-order valence-corrected chi connectivity index (χ0v) is 21.6. The van der Waals surface area contributed by atoms with Gasteiger partial charge in [-0.05, 0) is 61.8 Å². The summed E-state index contributed by atoms with van der Waals surface area (Å²) in [5, 5.41) is 3.43. The first-order valence-electron chi connectivity index (χ1n) is 10.8. The number of nitrogens with zero attached hydrogens (tertiary/aromatic N) is 2. The lowest BCUT2D eigenvalue weighted by Crippen LogP contribution is -2.46. The summed E-state index contributed by atoms with van der Waals surface area (Å²) >= 11 is 0. The van der Waals surface area contributed by atoms with Crippen molar-refractivity contribution in [3.05, 3.63) is 65.7 Å². The van der Waals surface area contributed by atoms with Crippen LogP contribution in [0, 0.1) is 5.92 Å². The zero-order valence-electron chi connectivity index (χ0n) is 18.5. The average molecular weight is 556 g/mol. The highest BCUT2D eigenvalue weighted by molar-refractivity contribution is 14.0. The molecule has 0 aliphatic carbocycles. The third kappa shape index (κ3) is 8.11. The maximum atomic E-state index is 11.6. The van der Waals surface area contributed by atoms with E-state index in [1.165, 1.54) is 24.7 Å². The summed E-state index contributed by atoms with van der Waals surface area (Å²) in [6.07, 6.45) is 5.56. The van der Waals surface area contributed by atoms with Crippen molar-refractivity contribution in [3.63, 3.8) is 0 Å². The van der Waals surface area contributed by atoms with Crippen molar-refractivity contribution in [2.75, 3.05) is 32.4 Å². The second-order valence-electron chi connectivity index (χ2n) is 8.02. The van der Waals surface area contributed by atoms with E-state index in [-0.39, 0.29) is 24.0 Å². The van der Waals surface area contributed by atoms with E-state index in [1.807, 2.05) is 12.1 Å². The summed E-state index contributed by atoms with van der Waals surface area (Å²) in [4.78, 5) is 7.56. The van der Waals surface area contributed by atoms with Gasteiger partial charge in [0.1, 0.15) is 0 Å². The van der Waals surface area contributed by atoms with Crippen LogP contribution in [0.15, 0.2) is 64.5 Å². The molecule has 7 heteroatoms. The van der Waals surface area contributed by atoms with E-state index in [0.29, 0.717) is 11.4 Å². The van der Waals surface area contributed by atoms with Gasteiger partial charge in [0.25, 0.3) is 0 Å². The standard InChI is InChI=1S/C24H33N3O2S.HI/c1-3-25-24(26-16-13-20-9-11-23(12-10-20)30(2,28)29)27-17-14-22(15-18-27)19-21-7-5-4-6-8-21;/h4-12,22H,3,13-19H2,1-2H3,(H,25,26);1H. The Bertz CT molecular complexity index is 923. The predicted octanol–water partition coefficient (Wildman–Crippen LogP) is 4.17. The van der Waals surface area contributed by atoms with E-state index >= 15 is 0 Å². The van der Waals surface area contributed by atoms with Crippen LogP contribution in [0.5, 0.6) is 0 Å². The van der Waals surface area contributed by atoms with Crippen molar-refractivity contribution >= 4 is 39.8 Å². The molecule has 1 saturated heterocycles. The number of likely N-dealkylation sites (tertiary alicyclic amines) is 1. The Kier molecular flexibility index (Phi) is 10.3. The van der Waals surface area contributed by atoms with Gasteiger partial charge in [-0.25, -0.2) is 8.42 Å². The van der Waals surface area contributed by atoms with Crippen LogP contribution in [-0.2, 0) is 22.7 Å². The number of aliphatic imine (C=N–C) groups is 1. The van der Waals surface area contributed by atoms with Crippen molar-refractivity contribution in [3.8, 4) is 0 Å². The Morgan fingerprint density at radius 2 is 1.68 bits per heavy atom. The molecule has 0 bridgehead atoms. The largest absolute Gasteiger partial charge is 0.357 e. The molecule has 2 aromatic rings. The van der Waals surface area contributed by atoms with Crippen molar-refractivity contribution in [2.24, 2.45) is 10.9 Å². The number of halogens is 1. The third-order valence-corrected chi connectivity index (χ3v) is 6.76. The van der Waals surface area contributed by atoms with Gasteiger partial charge in [0.15, 0.2) is 15.8 Å². The van der Waals surface area contributed by atoms with Gasteiger partial charge in [-0.2, -0.15) is 0 Å². The number of benzene rings is 2. The van der Waals surface area contributed by atoms with Gasteiger partial charge in [0.05, 0.1) is 4.90 Å². The fourth-order valence-electron chi connectivity index (χ4n) is 3.92. The SMILES string of the molecule is CCNC(=NCCc1ccc(S(C)(=O)=O)cc1)N1CCC(Cc2ccccc2)CC1.I. The van der Waals surface area contributed by atoms with Crippen LogP contribution in [0.3, 0.4) is 0 Å². The van der Waals surface area contributed by atoms with E-state index < -0.39 is 9.84 Å². The minimum atomic E-state index is -3.14. The van der Waals surface area contributed by atoms with E-state index in [2.05, 4.69) is 47.5 Å². The smallest absolute Gasteiger partial charge is 0.193 e. The third-order valence-electron chi connectivity index (χ3n) is 5.63. The zero-order chi connectivity index (χ0) is 21.4. The van der Waals surface area contributed by atoms with E-state index in [0.717, 1.165) is 49.9 Å². The highest BCUT2D eigenvalue weighted by Gasteiger charge is 2.21. The lowest BCUT2D eigenvalue weighted by atomic mass is 9.90. The molecule has 1 heterocycles. The summed E-state index contributed by atoms with van der Waals surface area (Å²) in [7, 11) is -3.14. The van der Waals surface area contributed by atoms with E-state index in [1.54, 1.807) is 12.1 Å². The van der Waals surface area contributed by atoms with Gasteiger partial charge in [-0.15, -0.1) is 24.0 Å². The molecule has 0 unspecified atom stereocenters. The average Bonchev–Trinajstić information content (AvgIpc) is 2.74. The number of hydrogen-bond acceptors (Lipinski definition) is 3. The van der Waals surface area contributed by atoms with Crippen molar-refractivity contribution in [1.82, 2.24) is 10.2 Å². The van der Waals surface area contributed by atoms with Crippen LogP contribution >= 0.6 is 24.0 Å². The van der Waals surface area contributed by atoms with Gasteiger partial charge in [0.2, 0.25) is 0 Å². The number of sulfone groups is 1.